The fourth-order valence-corrected chi connectivity index (χ4v) is 2.63. The molecule has 1 aromatic heterocycles. The molecule has 0 bridgehead atoms. The van der Waals surface area contributed by atoms with E-state index in [4.69, 9.17) is 5.11 Å². The molecule has 1 aromatic rings. The Morgan fingerprint density at radius 2 is 2.00 bits per heavy atom. The number of aromatic nitrogens is 2. The summed E-state index contributed by atoms with van der Waals surface area (Å²) in [5.41, 5.74) is 0.576. The monoisotopic (exact) mass is 283 g/mol. The smallest absolute Gasteiger partial charge is 0.333 e. The molecule has 1 fully saturated rings. The summed E-state index contributed by atoms with van der Waals surface area (Å²) in [7, 11) is 0. The number of aliphatic hydroxyl groups excluding tert-OH is 1. The standard InChI is InChI=1S/C12H21N5O3/c1-3-16-12(11(17(19)20)10(2)13-16)15-6-4-14(5-7-15)8-9-18/h18H,3-9H2,1-2H3. The maximum Gasteiger partial charge on any atom is 0.333 e. The number of nitro groups is 1. The van der Waals surface area contributed by atoms with E-state index >= 15 is 0 Å². The van der Waals surface area contributed by atoms with Crippen LogP contribution in [0.3, 0.4) is 0 Å². The predicted octanol–water partition coefficient (Wildman–Crippen LogP) is 0.234. The van der Waals surface area contributed by atoms with Crippen LogP contribution in [0.15, 0.2) is 0 Å². The highest BCUT2D eigenvalue weighted by Crippen LogP contribution is 2.32. The molecule has 0 amide bonds. The first kappa shape index (κ1) is 14.7. The van der Waals surface area contributed by atoms with E-state index in [9.17, 15) is 10.1 Å². The topological polar surface area (TPSA) is 87.7 Å². The second-order valence-corrected chi connectivity index (χ2v) is 4.88. The van der Waals surface area contributed by atoms with Crippen LogP contribution in [0.2, 0.25) is 0 Å². The van der Waals surface area contributed by atoms with Gasteiger partial charge in [0.25, 0.3) is 0 Å². The molecule has 0 aromatic carbocycles. The van der Waals surface area contributed by atoms with Crippen molar-refractivity contribution in [2.24, 2.45) is 0 Å². The molecule has 0 spiro atoms. The highest BCUT2D eigenvalue weighted by Gasteiger charge is 2.30. The minimum atomic E-state index is -0.343. The highest BCUT2D eigenvalue weighted by molar-refractivity contribution is 5.61. The number of aryl methyl sites for hydroxylation is 2. The van der Waals surface area contributed by atoms with Gasteiger partial charge < -0.3 is 10.0 Å². The van der Waals surface area contributed by atoms with Gasteiger partial charge >= 0.3 is 5.69 Å². The van der Waals surface area contributed by atoms with Crippen molar-refractivity contribution in [3.05, 3.63) is 15.8 Å². The Morgan fingerprint density at radius 3 is 2.50 bits per heavy atom. The molecule has 1 aliphatic heterocycles. The van der Waals surface area contributed by atoms with Crippen molar-refractivity contribution < 1.29 is 10.0 Å². The fraction of sp³-hybridized carbons (Fsp3) is 0.750. The predicted molar refractivity (Wildman–Crippen MR) is 75.0 cm³/mol. The molecule has 20 heavy (non-hydrogen) atoms. The third-order valence-electron chi connectivity index (χ3n) is 3.64. The summed E-state index contributed by atoms with van der Waals surface area (Å²) in [6.07, 6.45) is 0. The molecule has 1 aliphatic rings. The van der Waals surface area contributed by atoms with Crippen LogP contribution in [0.4, 0.5) is 11.5 Å². The van der Waals surface area contributed by atoms with Crippen LogP contribution >= 0.6 is 0 Å². The van der Waals surface area contributed by atoms with Crippen molar-refractivity contribution in [2.75, 3.05) is 44.2 Å². The normalized spacial score (nSPS) is 16.6. The summed E-state index contributed by atoms with van der Waals surface area (Å²) < 4.78 is 1.70. The van der Waals surface area contributed by atoms with Crippen molar-refractivity contribution in [1.82, 2.24) is 14.7 Å². The maximum atomic E-state index is 11.3. The van der Waals surface area contributed by atoms with Gasteiger partial charge in [-0.25, -0.2) is 4.68 Å². The van der Waals surface area contributed by atoms with Gasteiger partial charge in [0.15, 0.2) is 0 Å². The van der Waals surface area contributed by atoms with E-state index in [0.717, 1.165) is 13.1 Å². The molecule has 2 heterocycles. The number of piperazine rings is 1. The van der Waals surface area contributed by atoms with Crippen LogP contribution in [0.1, 0.15) is 12.6 Å². The average Bonchev–Trinajstić information content (AvgIpc) is 2.77. The lowest BCUT2D eigenvalue weighted by atomic mass is 10.3. The minimum absolute atomic E-state index is 0.113. The minimum Gasteiger partial charge on any atom is -0.395 e. The molecule has 0 radical (unpaired) electrons. The molecule has 1 N–H and O–H groups in total. The number of β-amino-alcohol motifs (C(OH)–C–C–N with tert-alkyl or cyclic N) is 1. The van der Waals surface area contributed by atoms with Gasteiger partial charge in [-0.05, 0) is 13.8 Å². The molecule has 0 unspecified atom stereocenters. The Bertz CT molecular complexity index is 480. The van der Waals surface area contributed by atoms with Crippen LogP contribution in [0.5, 0.6) is 0 Å². The number of aliphatic hydroxyl groups is 1. The third-order valence-corrected chi connectivity index (χ3v) is 3.64. The SMILES string of the molecule is CCn1nc(C)c([N+](=O)[O-])c1N1CCN(CCO)CC1. The number of nitrogens with zero attached hydrogens (tertiary/aromatic N) is 5. The average molecular weight is 283 g/mol. The zero-order chi connectivity index (χ0) is 14.7. The van der Waals surface area contributed by atoms with Gasteiger partial charge in [-0.2, -0.15) is 5.10 Å². The fourth-order valence-electron chi connectivity index (χ4n) is 2.63. The van der Waals surface area contributed by atoms with E-state index in [-0.39, 0.29) is 17.2 Å². The summed E-state index contributed by atoms with van der Waals surface area (Å²) in [5, 5.41) is 24.5. The summed E-state index contributed by atoms with van der Waals surface area (Å²) >= 11 is 0. The first-order valence-corrected chi connectivity index (χ1v) is 6.88. The zero-order valence-corrected chi connectivity index (χ0v) is 11.9. The Balaban J connectivity index is 2.22. The Hall–Kier alpha value is -1.67. The lowest BCUT2D eigenvalue weighted by Crippen LogP contribution is -2.48. The zero-order valence-electron chi connectivity index (χ0n) is 11.9. The van der Waals surface area contributed by atoms with E-state index in [1.807, 2.05) is 11.8 Å². The molecular formula is C12H21N5O3. The van der Waals surface area contributed by atoms with Gasteiger partial charge in [0, 0.05) is 39.3 Å². The molecule has 2 rings (SSSR count). The number of hydrogen-bond donors (Lipinski definition) is 1. The van der Waals surface area contributed by atoms with E-state index < -0.39 is 0 Å². The van der Waals surface area contributed by atoms with Crippen molar-refractivity contribution in [3.63, 3.8) is 0 Å². The largest absolute Gasteiger partial charge is 0.395 e. The van der Waals surface area contributed by atoms with Crippen LogP contribution in [-0.2, 0) is 6.54 Å². The van der Waals surface area contributed by atoms with Crippen LogP contribution in [0, 0.1) is 17.0 Å². The summed E-state index contributed by atoms with van der Waals surface area (Å²) in [6, 6.07) is 0. The van der Waals surface area contributed by atoms with Gasteiger partial charge in [0.2, 0.25) is 5.82 Å². The van der Waals surface area contributed by atoms with Crippen LogP contribution < -0.4 is 4.90 Å². The van der Waals surface area contributed by atoms with Crippen LogP contribution in [-0.4, -0.2) is 64.0 Å². The summed E-state index contributed by atoms with van der Waals surface area (Å²) in [6.45, 7) is 8.04. The Morgan fingerprint density at radius 1 is 1.35 bits per heavy atom. The molecule has 0 atom stereocenters. The summed E-state index contributed by atoms with van der Waals surface area (Å²) in [5.74, 6) is 0.610. The highest BCUT2D eigenvalue weighted by atomic mass is 16.6. The molecular weight excluding hydrogens is 262 g/mol. The van der Waals surface area contributed by atoms with E-state index in [2.05, 4.69) is 10.00 Å². The molecule has 1 saturated heterocycles. The van der Waals surface area contributed by atoms with Gasteiger partial charge in [-0.1, -0.05) is 0 Å². The number of rotatable bonds is 5. The van der Waals surface area contributed by atoms with Gasteiger partial charge in [0.1, 0.15) is 5.69 Å². The second-order valence-electron chi connectivity index (χ2n) is 4.88. The lowest BCUT2D eigenvalue weighted by Gasteiger charge is -2.35. The van der Waals surface area contributed by atoms with Crippen molar-refractivity contribution in [1.29, 1.82) is 0 Å². The van der Waals surface area contributed by atoms with Gasteiger partial charge in [0.05, 0.1) is 11.5 Å². The quantitative estimate of drug-likeness (QED) is 0.615. The first-order valence-electron chi connectivity index (χ1n) is 6.88. The van der Waals surface area contributed by atoms with E-state index in [1.165, 1.54) is 0 Å². The summed E-state index contributed by atoms with van der Waals surface area (Å²) in [4.78, 5) is 15.1. The third kappa shape index (κ3) is 2.75. The van der Waals surface area contributed by atoms with Crippen molar-refractivity contribution in [3.8, 4) is 0 Å². The Kier molecular flexibility index (Phi) is 4.56. The number of hydrogen-bond acceptors (Lipinski definition) is 6. The van der Waals surface area contributed by atoms with E-state index in [1.54, 1.807) is 11.6 Å². The molecule has 112 valence electrons. The van der Waals surface area contributed by atoms with Crippen LogP contribution in [0.25, 0.3) is 0 Å². The van der Waals surface area contributed by atoms with E-state index in [0.29, 0.717) is 37.7 Å². The lowest BCUT2D eigenvalue weighted by molar-refractivity contribution is -0.384. The molecule has 8 heteroatoms. The second kappa shape index (κ2) is 6.19. The number of anilines is 1. The maximum absolute atomic E-state index is 11.3. The van der Waals surface area contributed by atoms with Crippen molar-refractivity contribution >= 4 is 11.5 Å². The van der Waals surface area contributed by atoms with Crippen molar-refractivity contribution in [2.45, 2.75) is 20.4 Å². The molecule has 0 saturated carbocycles. The molecule has 8 nitrogen and oxygen atoms in total. The van der Waals surface area contributed by atoms with Gasteiger partial charge in [-0.3, -0.25) is 15.0 Å². The van der Waals surface area contributed by atoms with Gasteiger partial charge in [-0.15, -0.1) is 0 Å². The Labute approximate surface area is 117 Å². The first-order chi connectivity index (χ1) is 9.58. The molecule has 0 aliphatic carbocycles.